The molecule has 1 heterocycles. The van der Waals surface area contributed by atoms with E-state index in [4.69, 9.17) is 4.84 Å². The van der Waals surface area contributed by atoms with Crippen molar-refractivity contribution in [2.75, 3.05) is 7.05 Å². The molecule has 1 saturated heterocycles. The van der Waals surface area contributed by atoms with Gasteiger partial charge < -0.3 is 0 Å². The summed E-state index contributed by atoms with van der Waals surface area (Å²) >= 11 is 0. The molecular formula is C19H28FNO. The molecule has 1 aromatic carbocycles. The Morgan fingerprint density at radius 3 is 2.55 bits per heavy atom. The maximum absolute atomic E-state index is 13.5. The average molecular weight is 305 g/mol. The van der Waals surface area contributed by atoms with Crippen molar-refractivity contribution in [1.82, 2.24) is 5.06 Å². The first-order valence-electron chi connectivity index (χ1n) is 8.33. The van der Waals surface area contributed by atoms with Gasteiger partial charge in [-0.2, -0.15) is 5.06 Å². The van der Waals surface area contributed by atoms with Crippen molar-refractivity contribution in [3.63, 3.8) is 0 Å². The minimum absolute atomic E-state index is 0.0875. The van der Waals surface area contributed by atoms with Crippen molar-refractivity contribution in [2.45, 2.75) is 64.5 Å². The van der Waals surface area contributed by atoms with E-state index in [9.17, 15) is 4.39 Å². The third-order valence-corrected chi connectivity index (χ3v) is 5.97. The summed E-state index contributed by atoms with van der Waals surface area (Å²) in [4.78, 5) is 6.12. The van der Waals surface area contributed by atoms with Gasteiger partial charge in [0.15, 0.2) is 0 Å². The van der Waals surface area contributed by atoms with Crippen molar-refractivity contribution in [1.29, 1.82) is 0 Å². The SMILES string of the molecule is Cc1cc(F)ccc1[C@]1(C)C[C@@H](C)[C@@H]2[C@@H](C1)C(C)(C)ON2C. The minimum atomic E-state index is -0.143. The van der Waals surface area contributed by atoms with Gasteiger partial charge in [-0.15, -0.1) is 0 Å². The van der Waals surface area contributed by atoms with Crippen LogP contribution in [0.4, 0.5) is 4.39 Å². The lowest BCUT2D eigenvalue weighted by Crippen LogP contribution is -2.48. The topological polar surface area (TPSA) is 12.5 Å². The van der Waals surface area contributed by atoms with Crippen LogP contribution < -0.4 is 0 Å². The van der Waals surface area contributed by atoms with Crippen molar-refractivity contribution in [3.05, 3.63) is 35.1 Å². The van der Waals surface area contributed by atoms with Crippen molar-refractivity contribution < 1.29 is 9.23 Å². The van der Waals surface area contributed by atoms with Gasteiger partial charge in [-0.25, -0.2) is 4.39 Å². The number of rotatable bonds is 1. The molecule has 22 heavy (non-hydrogen) atoms. The van der Waals surface area contributed by atoms with Crippen LogP contribution in [-0.2, 0) is 10.3 Å². The standard InChI is InChI=1S/C19H28FNO/c1-12-9-14(20)7-8-15(12)19(5)10-13(2)17-16(11-19)18(3,4)22-21(17)6/h7-9,13,16-17H,10-11H2,1-6H3/t13-,16-,17-,19-/m1/s1. The Hall–Kier alpha value is -0.930. The number of halogens is 1. The first-order valence-corrected chi connectivity index (χ1v) is 8.33. The van der Waals surface area contributed by atoms with Crippen LogP contribution >= 0.6 is 0 Å². The molecule has 1 saturated carbocycles. The lowest BCUT2D eigenvalue weighted by atomic mass is 9.58. The van der Waals surface area contributed by atoms with Crippen LogP contribution in [0.25, 0.3) is 0 Å². The zero-order chi connectivity index (χ0) is 16.3. The normalized spacial score (nSPS) is 38.0. The minimum Gasteiger partial charge on any atom is -0.293 e. The average Bonchev–Trinajstić information content (AvgIpc) is 2.58. The predicted octanol–water partition coefficient (Wildman–Crippen LogP) is 4.46. The summed E-state index contributed by atoms with van der Waals surface area (Å²) in [6, 6.07) is 5.74. The monoisotopic (exact) mass is 305 g/mol. The number of benzene rings is 1. The third-order valence-electron chi connectivity index (χ3n) is 5.97. The van der Waals surface area contributed by atoms with E-state index in [1.165, 1.54) is 5.56 Å². The van der Waals surface area contributed by atoms with E-state index in [-0.39, 0.29) is 16.8 Å². The van der Waals surface area contributed by atoms with Gasteiger partial charge >= 0.3 is 0 Å². The fourth-order valence-corrected chi connectivity index (χ4v) is 5.21. The van der Waals surface area contributed by atoms with Crippen LogP contribution in [0.2, 0.25) is 0 Å². The Labute approximate surface area is 133 Å². The van der Waals surface area contributed by atoms with Crippen LogP contribution in [0.3, 0.4) is 0 Å². The van der Waals surface area contributed by atoms with Gasteiger partial charge in [0.25, 0.3) is 0 Å². The summed E-state index contributed by atoms with van der Waals surface area (Å²) in [5, 5.41) is 2.08. The number of hydrogen-bond donors (Lipinski definition) is 0. The predicted molar refractivity (Wildman–Crippen MR) is 87.1 cm³/mol. The number of nitrogens with zero attached hydrogens (tertiary/aromatic N) is 1. The smallest absolute Gasteiger partial charge is 0.123 e. The molecule has 0 bridgehead atoms. The quantitative estimate of drug-likeness (QED) is 0.759. The molecule has 0 unspecified atom stereocenters. The van der Waals surface area contributed by atoms with Crippen LogP contribution in [-0.4, -0.2) is 23.8 Å². The fourth-order valence-electron chi connectivity index (χ4n) is 5.21. The second-order valence-corrected chi connectivity index (χ2v) is 8.24. The molecule has 3 rings (SSSR count). The van der Waals surface area contributed by atoms with Gasteiger partial charge in [0.1, 0.15) is 5.82 Å². The Balaban J connectivity index is 1.99. The largest absolute Gasteiger partial charge is 0.293 e. The van der Waals surface area contributed by atoms with Crippen LogP contribution in [0.1, 0.15) is 51.7 Å². The molecule has 0 radical (unpaired) electrons. The van der Waals surface area contributed by atoms with E-state index in [0.29, 0.717) is 17.9 Å². The summed E-state index contributed by atoms with van der Waals surface area (Å²) < 4.78 is 13.5. The molecular weight excluding hydrogens is 277 g/mol. The van der Waals surface area contributed by atoms with Crippen LogP contribution in [0.5, 0.6) is 0 Å². The zero-order valence-electron chi connectivity index (χ0n) is 14.6. The first kappa shape index (κ1) is 15.9. The van der Waals surface area contributed by atoms with Gasteiger partial charge in [-0.05, 0) is 68.2 Å². The van der Waals surface area contributed by atoms with Crippen LogP contribution in [0, 0.1) is 24.6 Å². The molecule has 4 atom stereocenters. The Bertz CT molecular complexity index is 585. The highest BCUT2D eigenvalue weighted by Crippen LogP contribution is 2.53. The fraction of sp³-hybridized carbons (Fsp3) is 0.684. The maximum Gasteiger partial charge on any atom is 0.123 e. The summed E-state index contributed by atoms with van der Waals surface area (Å²) in [5.41, 5.74) is 2.32. The van der Waals surface area contributed by atoms with Gasteiger partial charge in [0.2, 0.25) is 0 Å². The molecule has 0 spiro atoms. The Morgan fingerprint density at radius 2 is 1.91 bits per heavy atom. The molecule has 1 aliphatic heterocycles. The number of hydroxylamine groups is 2. The number of fused-ring (bicyclic) bond motifs is 1. The Morgan fingerprint density at radius 1 is 1.23 bits per heavy atom. The highest BCUT2D eigenvalue weighted by Gasteiger charge is 2.55. The second-order valence-electron chi connectivity index (χ2n) is 8.24. The molecule has 0 aromatic heterocycles. The molecule has 1 aromatic rings. The maximum atomic E-state index is 13.5. The molecule has 2 nitrogen and oxygen atoms in total. The zero-order valence-corrected chi connectivity index (χ0v) is 14.6. The van der Waals surface area contributed by atoms with E-state index in [1.807, 2.05) is 13.0 Å². The lowest BCUT2D eigenvalue weighted by Gasteiger charge is -2.47. The van der Waals surface area contributed by atoms with E-state index in [2.05, 4.69) is 39.8 Å². The van der Waals surface area contributed by atoms with Gasteiger partial charge in [0.05, 0.1) is 5.60 Å². The molecule has 2 aliphatic rings. The summed E-state index contributed by atoms with van der Waals surface area (Å²) in [6.07, 6.45) is 2.20. The van der Waals surface area contributed by atoms with E-state index in [0.717, 1.165) is 18.4 Å². The van der Waals surface area contributed by atoms with Crippen molar-refractivity contribution in [3.8, 4) is 0 Å². The van der Waals surface area contributed by atoms with E-state index >= 15 is 0 Å². The third kappa shape index (κ3) is 2.39. The van der Waals surface area contributed by atoms with E-state index in [1.54, 1.807) is 12.1 Å². The summed E-state index contributed by atoms with van der Waals surface area (Å²) in [6.45, 7) is 11.1. The first-order chi connectivity index (χ1) is 10.1. The van der Waals surface area contributed by atoms with E-state index < -0.39 is 0 Å². The molecule has 1 aliphatic carbocycles. The molecule has 3 heteroatoms. The summed E-state index contributed by atoms with van der Waals surface area (Å²) in [5.74, 6) is 0.909. The highest BCUT2D eigenvalue weighted by molar-refractivity contribution is 5.35. The van der Waals surface area contributed by atoms with Gasteiger partial charge in [-0.1, -0.05) is 19.9 Å². The number of hydrogen-bond acceptors (Lipinski definition) is 2. The number of aryl methyl sites for hydroxylation is 1. The molecule has 0 N–H and O–H groups in total. The van der Waals surface area contributed by atoms with Crippen molar-refractivity contribution >= 4 is 0 Å². The molecule has 2 fully saturated rings. The summed E-state index contributed by atoms with van der Waals surface area (Å²) in [7, 11) is 2.06. The van der Waals surface area contributed by atoms with Crippen LogP contribution in [0.15, 0.2) is 18.2 Å². The molecule has 122 valence electrons. The van der Waals surface area contributed by atoms with Gasteiger partial charge in [-0.3, -0.25) is 4.84 Å². The molecule has 0 amide bonds. The van der Waals surface area contributed by atoms with Gasteiger partial charge in [0, 0.05) is 19.0 Å². The second kappa shape index (κ2) is 5.04. The Kier molecular flexibility index (Phi) is 3.65. The lowest BCUT2D eigenvalue weighted by molar-refractivity contribution is -0.182. The van der Waals surface area contributed by atoms with Crippen molar-refractivity contribution in [2.24, 2.45) is 11.8 Å². The highest BCUT2D eigenvalue weighted by atomic mass is 19.1.